The molecule has 6 heteroatoms. The molecule has 0 aromatic heterocycles. The van der Waals surface area contributed by atoms with Crippen LogP contribution in [0.3, 0.4) is 0 Å². The van der Waals surface area contributed by atoms with Crippen molar-refractivity contribution in [1.82, 2.24) is 5.32 Å². The number of hydrogen-bond donors (Lipinski definition) is 1. The van der Waals surface area contributed by atoms with Gasteiger partial charge < -0.3 is 14.8 Å². The Hall–Kier alpha value is -2.18. The molecule has 0 bridgehead atoms. The van der Waals surface area contributed by atoms with Gasteiger partial charge in [0.05, 0.1) is 6.61 Å². The summed E-state index contributed by atoms with van der Waals surface area (Å²) in [6.07, 6.45) is 2.80. The number of nitrogens with one attached hydrogen (secondary N) is 1. The first kappa shape index (κ1) is 22.5. The van der Waals surface area contributed by atoms with Gasteiger partial charge in [-0.15, -0.1) is 0 Å². The van der Waals surface area contributed by atoms with Crippen LogP contribution < -0.4 is 10.1 Å². The maximum atomic E-state index is 12.4. The number of Topliss-reactive ketones (excluding diaryl/α,β-unsaturated/α-hetero) is 1. The van der Waals surface area contributed by atoms with E-state index in [1.54, 1.807) is 18.2 Å². The molecule has 2 aromatic carbocycles. The lowest BCUT2D eigenvalue weighted by molar-refractivity contribution is -0.121. The Bertz CT molecular complexity index is 860. The van der Waals surface area contributed by atoms with Crippen LogP contribution in [0.4, 0.5) is 0 Å². The van der Waals surface area contributed by atoms with Crippen LogP contribution in [0.25, 0.3) is 0 Å². The van der Waals surface area contributed by atoms with E-state index < -0.39 is 0 Å². The lowest BCUT2D eigenvalue weighted by Crippen LogP contribution is -2.44. The van der Waals surface area contributed by atoms with Crippen LogP contribution in [0.2, 0.25) is 0 Å². The lowest BCUT2D eigenvalue weighted by Gasteiger charge is -2.38. The van der Waals surface area contributed by atoms with Gasteiger partial charge in [-0.05, 0) is 56.0 Å². The van der Waals surface area contributed by atoms with Gasteiger partial charge in [-0.3, -0.25) is 9.59 Å². The predicted octanol–water partition coefficient (Wildman–Crippen LogP) is 4.68. The first-order chi connectivity index (χ1) is 14.5. The van der Waals surface area contributed by atoms with Gasteiger partial charge in [0.15, 0.2) is 5.78 Å². The van der Waals surface area contributed by atoms with Crippen molar-refractivity contribution in [2.45, 2.75) is 38.0 Å². The molecule has 160 valence electrons. The van der Waals surface area contributed by atoms with Crippen LogP contribution in [0, 0.1) is 0 Å². The summed E-state index contributed by atoms with van der Waals surface area (Å²) in [5, 5.41) is 3.12. The monoisotopic (exact) mass is 473 g/mol. The van der Waals surface area contributed by atoms with Crippen molar-refractivity contribution in [3.8, 4) is 5.75 Å². The molecule has 1 saturated heterocycles. The fourth-order valence-corrected chi connectivity index (χ4v) is 3.98. The summed E-state index contributed by atoms with van der Waals surface area (Å²) in [7, 11) is 0. The normalized spacial score (nSPS) is 15.4. The fourth-order valence-electron chi connectivity index (χ4n) is 3.72. The highest BCUT2D eigenvalue weighted by atomic mass is 79.9. The van der Waals surface area contributed by atoms with Gasteiger partial charge in [0.25, 0.3) is 0 Å². The number of rotatable bonds is 9. The Morgan fingerprint density at radius 1 is 1.13 bits per heavy atom. The molecule has 0 radical (unpaired) electrons. The largest absolute Gasteiger partial charge is 0.494 e. The molecule has 3 rings (SSSR count). The molecule has 0 spiro atoms. The molecular formula is C24H28BrNO4. The van der Waals surface area contributed by atoms with Gasteiger partial charge in [-0.25, -0.2) is 0 Å². The van der Waals surface area contributed by atoms with E-state index in [2.05, 4.69) is 33.4 Å². The molecule has 0 aliphatic carbocycles. The van der Waals surface area contributed by atoms with E-state index in [0.717, 1.165) is 17.3 Å². The van der Waals surface area contributed by atoms with Gasteiger partial charge in [0.1, 0.15) is 5.75 Å². The summed E-state index contributed by atoms with van der Waals surface area (Å²) in [6.45, 7) is 3.99. The molecule has 1 fully saturated rings. The number of benzene rings is 2. The van der Waals surface area contributed by atoms with Crippen molar-refractivity contribution in [1.29, 1.82) is 0 Å². The zero-order valence-electron chi connectivity index (χ0n) is 17.3. The number of carbonyl (C=O) groups excluding carboxylic acids is 2. The third-order valence-corrected chi connectivity index (χ3v) is 6.12. The van der Waals surface area contributed by atoms with E-state index >= 15 is 0 Å². The van der Waals surface area contributed by atoms with Crippen molar-refractivity contribution < 1.29 is 19.1 Å². The molecule has 1 N–H and O–H groups in total. The Morgan fingerprint density at radius 3 is 2.57 bits per heavy atom. The van der Waals surface area contributed by atoms with Crippen LogP contribution in [0.5, 0.6) is 5.75 Å². The van der Waals surface area contributed by atoms with E-state index in [0.29, 0.717) is 50.5 Å². The number of ketones is 1. The molecule has 0 atom stereocenters. The first-order valence-corrected chi connectivity index (χ1v) is 11.1. The average Bonchev–Trinajstić information content (AvgIpc) is 2.76. The van der Waals surface area contributed by atoms with Crippen molar-refractivity contribution >= 4 is 27.6 Å². The lowest BCUT2D eigenvalue weighted by atomic mass is 9.74. The molecule has 2 aromatic rings. The Morgan fingerprint density at radius 2 is 1.87 bits per heavy atom. The van der Waals surface area contributed by atoms with Crippen molar-refractivity contribution in [3.63, 3.8) is 0 Å². The smallest absolute Gasteiger partial charge is 0.220 e. The topological polar surface area (TPSA) is 64.6 Å². The second-order valence-electron chi connectivity index (χ2n) is 7.71. The van der Waals surface area contributed by atoms with Crippen LogP contribution in [0.15, 0.2) is 53.0 Å². The number of hydrogen-bond acceptors (Lipinski definition) is 4. The summed E-state index contributed by atoms with van der Waals surface area (Å²) in [6, 6.07) is 15.5. The molecule has 1 aliphatic heterocycles. The molecule has 5 nitrogen and oxygen atoms in total. The summed E-state index contributed by atoms with van der Waals surface area (Å²) in [5.41, 5.74) is 1.78. The highest BCUT2D eigenvalue weighted by molar-refractivity contribution is 9.10. The van der Waals surface area contributed by atoms with Crippen LogP contribution in [-0.2, 0) is 14.9 Å². The minimum absolute atomic E-state index is 0.00708. The van der Waals surface area contributed by atoms with E-state index in [4.69, 9.17) is 9.47 Å². The molecule has 0 saturated carbocycles. The van der Waals surface area contributed by atoms with Crippen LogP contribution in [0.1, 0.15) is 48.5 Å². The molecule has 1 heterocycles. The Labute approximate surface area is 186 Å². The third-order valence-electron chi connectivity index (χ3n) is 5.59. The zero-order valence-corrected chi connectivity index (χ0v) is 18.9. The standard InChI is InChI=1S/C24H28BrNO4/c1-18(27)19-4-2-5-22(16-19)30-13-3-6-23(28)26-17-24(11-14-29-15-12-24)20-7-9-21(25)10-8-20/h2,4-5,7-10,16H,3,6,11-15,17H2,1H3,(H,26,28). The third kappa shape index (κ3) is 6.16. The molecule has 1 amide bonds. The Balaban J connectivity index is 1.47. The number of carbonyl (C=O) groups is 2. The van der Waals surface area contributed by atoms with E-state index in [-0.39, 0.29) is 17.1 Å². The molecule has 30 heavy (non-hydrogen) atoms. The van der Waals surface area contributed by atoms with Gasteiger partial charge >= 0.3 is 0 Å². The van der Waals surface area contributed by atoms with Crippen molar-refractivity contribution in [2.24, 2.45) is 0 Å². The SMILES string of the molecule is CC(=O)c1cccc(OCCCC(=O)NCC2(c3ccc(Br)cc3)CCOCC2)c1. The van der Waals surface area contributed by atoms with E-state index in [1.165, 1.54) is 12.5 Å². The fraction of sp³-hybridized carbons (Fsp3) is 0.417. The van der Waals surface area contributed by atoms with Crippen LogP contribution in [-0.4, -0.2) is 38.1 Å². The van der Waals surface area contributed by atoms with Crippen molar-refractivity contribution in [2.75, 3.05) is 26.4 Å². The average molecular weight is 474 g/mol. The van der Waals surface area contributed by atoms with E-state index in [9.17, 15) is 9.59 Å². The Kier molecular flexibility index (Phi) is 8.05. The number of amides is 1. The highest BCUT2D eigenvalue weighted by Gasteiger charge is 2.34. The van der Waals surface area contributed by atoms with E-state index in [1.807, 2.05) is 18.2 Å². The molecular weight excluding hydrogens is 446 g/mol. The van der Waals surface area contributed by atoms with Gasteiger partial charge in [-0.2, -0.15) is 0 Å². The van der Waals surface area contributed by atoms with Crippen molar-refractivity contribution in [3.05, 3.63) is 64.1 Å². The number of halogens is 1. The minimum Gasteiger partial charge on any atom is -0.494 e. The summed E-state index contributed by atoms with van der Waals surface area (Å²) < 4.78 is 12.3. The summed E-state index contributed by atoms with van der Waals surface area (Å²) in [5.74, 6) is 0.686. The van der Waals surface area contributed by atoms with Gasteiger partial charge in [-0.1, -0.05) is 40.2 Å². The minimum atomic E-state index is -0.0851. The molecule has 1 aliphatic rings. The second-order valence-corrected chi connectivity index (χ2v) is 8.63. The van der Waals surface area contributed by atoms with Gasteiger partial charge in [0, 0.05) is 41.6 Å². The highest BCUT2D eigenvalue weighted by Crippen LogP contribution is 2.35. The first-order valence-electron chi connectivity index (χ1n) is 10.3. The maximum Gasteiger partial charge on any atom is 0.220 e. The summed E-state index contributed by atoms with van der Waals surface area (Å²) in [4.78, 5) is 23.9. The second kappa shape index (κ2) is 10.7. The number of ether oxygens (including phenoxy) is 2. The summed E-state index contributed by atoms with van der Waals surface area (Å²) >= 11 is 3.49. The van der Waals surface area contributed by atoms with Gasteiger partial charge in [0.2, 0.25) is 5.91 Å². The van der Waals surface area contributed by atoms with Crippen LogP contribution >= 0.6 is 15.9 Å². The maximum absolute atomic E-state index is 12.4. The predicted molar refractivity (Wildman–Crippen MR) is 120 cm³/mol. The quantitative estimate of drug-likeness (QED) is 0.424. The zero-order chi connectivity index (χ0) is 21.4. The molecule has 0 unspecified atom stereocenters.